The summed E-state index contributed by atoms with van der Waals surface area (Å²) in [5.41, 5.74) is 0. The highest BCUT2D eigenvalue weighted by Crippen LogP contribution is 2.48. The maximum atomic E-state index is 10.5. The summed E-state index contributed by atoms with van der Waals surface area (Å²) in [7, 11) is 3.59. The zero-order valence-corrected chi connectivity index (χ0v) is 12.6. The molecule has 2 atom stereocenters. The van der Waals surface area contributed by atoms with Crippen molar-refractivity contribution in [3.63, 3.8) is 0 Å². The Bertz CT molecular complexity index is 510. The highest BCUT2D eigenvalue weighted by Gasteiger charge is 2.56. The predicted octanol–water partition coefficient (Wildman–Crippen LogP) is 0.904. The van der Waals surface area contributed by atoms with Crippen molar-refractivity contribution < 1.29 is 20.4 Å². The lowest BCUT2D eigenvalue weighted by Gasteiger charge is -2.52. The third-order valence-corrected chi connectivity index (χ3v) is 4.82. The van der Waals surface area contributed by atoms with Crippen LogP contribution in [0.2, 0.25) is 0 Å². The van der Waals surface area contributed by atoms with Crippen molar-refractivity contribution >= 4 is 0 Å². The van der Waals surface area contributed by atoms with E-state index in [1.54, 1.807) is 60.8 Å². The first-order chi connectivity index (χ1) is 10.4. The Morgan fingerprint density at radius 1 is 0.773 bits per heavy atom. The molecule has 2 unspecified atom stereocenters. The van der Waals surface area contributed by atoms with Crippen LogP contribution in [0.3, 0.4) is 0 Å². The summed E-state index contributed by atoms with van der Waals surface area (Å²) in [6.07, 6.45) is 8.71. The Labute approximate surface area is 129 Å². The van der Waals surface area contributed by atoms with Gasteiger partial charge in [-0.25, -0.2) is 0 Å². The Kier molecular flexibility index (Phi) is 3.66. The van der Waals surface area contributed by atoms with Crippen LogP contribution in [0.15, 0.2) is 48.5 Å². The summed E-state index contributed by atoms with van der Waals surface area (Å²) in [5.74, 6) is -1.48. The number of hydrogen-bond donors (Lipinski definition) is 4. The van der Waals surface area contributed by atoms with E-state index >= 15 is 0 Å². The number of aliphatic hydroxyl groups is 4. The Hall–Kier alpha value is -1.92. The first-order valence-corrected chi connectivity index (χ1v) is 7.38. The zero-order chi connectivity index (χ0) is 16.0. The zero-order valence-electron chi connectivity index (χ0n) is 12.6. The monoisotopic (exact) mass is 306 g/mol. The molecule has 1 aliphatic carbocycles. The molecule has 0 aromatic rings. The molecule has 0 radical (unpaired) electrons. The van der Waals surface area contributed by atoms with Gasteiger partial charge in [0.15, 0.2) is 0 Å². The minimum atomic E-state index is -0.794. The summed E-state index contributed by atoms with van der Waals surface area (Å²) in [5, 5.41) is 41.1. The van der Waals surface area contributed by atoms with Crippen LogP contribution < -0.4 is 0 Å². The van der Waals surface area contributed by atoms with Gasteiger partial charge in [-0.2, -0.15) is 0 Å². The minimum Gasteiger partial charge on any atom is -0.510 e. The first kappa shape index (κ1) is 15.0. The van der Waals surface area contributed by atoms with Crippen LogP contribution in [-0.2, 0) is 0 Å². The van der Waals surface area contributed by atoms with Crippen LogP contribution in [0.4, 0.5) is 0 Å². The van der Waals surface area contributed by atoms with Gasteiger partial charge in [-0.15, -0.1) is 0 Å². The lowest BCUT2D eigenvalue weighted by molar-refractivity contribution is -0.177. The lowest BCUT2D eigenvalue weighted by Crippen LogP contribution is -2.61. The molecule has 0 aromatic carbocycles. The topological polar surface area (TPSA) is 87.4 Å². The third kappa shape index (κ3) is 2.28. The van der Waals surface area contributed by atoms with Crippen molar-refractivity contribution in [2.75, 3.05) is 14.1 Å². The SMILES string of the molecule is CN1C=CC(C2C(O)C(C3C=CN(C)C=C3O)C2O)C(O)=C1. The maximum absolute atomic E-state index is 10.5. The third-order valence-electron chi connectivity index (χ3n) is 4.82. The van der Waals surface area contributed by atoms with Gasteiger partial charge in [0.1, 0.15) is 11.5 Å². The maximum Gasteiger partial charge on any atom is 0.116 e. The van der Waals surface area contributed by atoms with Crippen molar-refractivity contribution in [2.24, 2.45) is 23.7 Å². The molecule has 0 saturated heterocycles. The molecule has 0 spiro atoms. The molecule has 22 heavy (non-hydrogen) atoms. The number of allylic oxidation sites excluding steroid dienone is 2. The highest BCUT2D eigenvalue weighted by molar-refractivity contribution is 5.24. The van der Waals surface area contributed by atoms with Crippen molar-refractivity contribution in [1.29, 1.82) is 0 Å². The van der Waals surface area contributed by atoms with E-state index in [2.05, 4.69) is 0 Å². The molecule has 3 aliphatic rings. The van der Waals surface area contributed by atoms with Gasteiger partial charge in [0.05, 0.1) is 12.2 Å². The molecule has 120 valence electrons. The van der Waals surface area contributed by atoms with E-state index in [-0.39, 0.29) is 11.5 Å². The van der Waals surface area contributed by atoms with Gasteiger partial charge < -0.3 is 30.2 Å². The standard InChI is InChI=1S/C16H22N2O4/c1-17-5-3-9(11(19)7-17)13-15(21)14(16(13)22)10-4-6-18(2)8-12(10)20/h3-10,13-16,19-22H,1-2H3. The van der Waals surface area contributed by atoms with Gasteiger partial charge >= 0.3 is 0 Å². The van der Waals surface area contributed by atoms with Gasteiger partial charge in [-0.3, -0.25) is 0 Å². The van der Waals surface area contributed by atoms with Crippen LogP contribution in [0, 0.1) is 23.7 Å². The fourth-order valence-electron chi connectivity index (χ4n) is 3.60. The van der Waals surface area contributed by atoms with E-state index in [9.17, 15) is 20.4 Å². The molecular formula is C16H22N2O4. The van der Waals surface area contributed by atoms with Crippen LogP contribution >= 0.6 is 0 Å². The van der Waals surface area contributed by atoms with Crippen molar-refractivity contribution in [2.45, 2.75) is 12.2 Å². The molecule has 0 aromatic heterocycles. The molecule has 2 heterocycles. The summed E-state index contributed by atoms with van der Waals surface area (Å²) < 4.78 is 0. The summed E-state index contributed by atoms with van der Waals surface area (Å²) in [6, 6.07) is 0. The van der Waals surface area contributed by atoms with E-state index in [0.717, 1.165) is 0 Å². The second kappa shape index (κ2) is 5.37. The van der Waals surface area contributed by atoms with Crippen LogP contribution in [0.25, 0.3) is 0 Å². The predicted molar refractivity (Wildman–Crippen MR) is 81.2 cm³/mol. The van der Waals surface area contributed by atoms with Gasteiger partial charge in [-0.05, 0) is 12.4 Å². The molecule has 4 N–H and O–H groups in total. The Morgan fingerprint density at radius 2 is 1.14 bits per heavy atom. The highest BCUT2D eigenvalue weighted by atomic mass is 16.3. The van der Waals surface area contributed by atoms with Gasteiger partial charge in [0, 0.05) is 50.2 Å². The molecule has 0 bridgehead atoms. The van der Waals surface area contributed by atoms with E-state index in [4.69, 9.17) is 0 Å². The molecule has 6 nitrogen and oxygen atoms in total. The van der Waals surface area contributed by atoms with Gasteiger partial charge in [0.2, 0.25) is 0 Å². The average molecular weight is 306 g/mol. The van der Waals surface area contributed by atoms with E-state index in [1.807, 2.05) is 0 Å². The van der Waals surface area contributed by atoms with Crippen molar-refractivity contribution in [3.05, 3.63) is 48.5 Å². The molecule has 1 fully saturated rings. The summed E-state index contributed by atoms with van der Waals surface area (Å²) in [6.45, 7) is 0. The summed E-state index contributed by atoms with van der Waals surface area (Å²) >= 11 is 0. The number of rotatable bonds is 2. The summed E-state index contributed by atoms with van der Waals surface area (Å²) in [4.78, 5) is 3.43. The fraction of sp³-hybridized carbons (Fsp3) is 0.500. The molecular weight excluding hydrogens is 284 g/mol. The largest absolute Gasteiger partial charge is 0.510 e. The van der Waals surface area contributed by atoms with Crippen LogP contribution in [0.1, 0.15) is 0 Å². The Morgan fingerprint density at radius 3 is 1.45 bits per heavy atom. The number of aliphatic hydroxyl groups excluding tert-OH is 4. The fourth-order valence-corrected chi connectivity index (χ4v) is 3.60. The normalized spacial score (nSPS) is 41.1. The van der Waals surface area contributed by atoms with Crippen LogP contribution in [0.5, 0.6) is 0 Å². The molecule has 6 heteroatoms. The Balaban J connectivity index is 1.75. The number of nitrogens with zero attached hydrogens (tertiary/aromatic N) is 2. The second-order valence-electron chi connectivity index (χ2n) is 6.31. The van der Waals surface area contributed by atoms with E-state index in [1.165, 1.54) is 0 Å². The van der Waals surface area contributed by atoms with Crippen molar-refractivity contribution in [3.8, 4) is 0 Å². The first-order valence-electron chi connectivity index (χ1n) is 7.38. The van der Waals surface area contributed by atoms with Crippen molar-refractivity contribution in [1.82, 2.24) is 9.80 Å². The van der Waals surface area contributed by atoms with E-state index in [0.29, 0.717) is 0 Å². The minimum absolute atomic E-state index is 0.130. The molecule has 1 saturated carbocycles. The average Bonchev–Trinajstić information content (AvgIpc) is 2.45. The van der Waals surface area contributed by atoms with Crippen LogP contribution in [-0.4, -0.2) is 56.5 Å². The van der Waals surface area contributed by atoms with Gasteiger partial charge in [-0.1, -0.05) is 12.2 Å². The smallest absolute Gasteiger partial charge is 0.116 e. The second-order valence-corrected chi connectivity index (χ2v) is 6.31. The molecule has 2 aliphatic heterocycles. The quantitative estimate of drug-likeness (QED) is 0.606. The molecule has 3 rings (SSSR count). The van der Waals surface area contributed by atoms with Gasteiger partial charge in [0.25, 0.3) is 0 Å². The number of hydrogen-bond acceptors (Lipinski definition) is 6. The van der Waals surface area contributed by atoms with E-state index < -0.39 is 35.9 Å². The lowest BCUT2D eigenvalue weighted by atomic mass is 9.58. The molecule has 0 amide bonds.